The summed E-state index contributed by atoms with van der Waals surface area (Å²) in [6, 6.07) is 1.88. The molecule has 1 N–H and O–H groups in total. The second kappa shape index (κ2) is 6.47. The Morgan fingerprint density at radius 2 is 2.21 bits per heavy atom. The molecular weight excluding hydrogens is 244 g/mol. The Morgan fingerprint density at radius 3 is 2.89 bits per heavy atom. The van der Waals surface area contributed by atoms with Crippen LogP contribution in [0.15, 0.2) is 12.4 Å². The van der Waals surface area contributed by atoms with Gasteiger partial charge in [-0.1, -0.05) is 6.92 Å². The van der Waals surface area contributed by atoms with Crippen LogP contribution in [0.1, 0.15) is 31.3 Å². The summed E-state index contributed by atoms with van der Waals surface area (Å²) < 4.78 is 5.44. The van der Waals surface area contributed by atoms with Gasteiger partial charge in [0.15, 0.2) is 0 Å². The van der Waals surface area contributed by atoms with Gasteiger partial charge in [0.1, 0.15) is 12.4 Å². The molecule has 1 aromatic heterocycles. The van der Waals surface area contributed by atoms with Crippen LogP contribution in [0.4, 0.5) is 4.79 Å². The van der Waals surface area contributed by atoms with Crippen LogP contribution in [0.3, 0.4) is 0 Å². The molecule has 2 rings (SSSR count). The van der Waals surface area contributed by atoms with E-state index in [1.54, 1.807) is 4.90 Å². The lowest BCUT2D eigenvalue weighted by Crippen LogP contribution is -2.46. The summed E-state index contributed by atoms with van der Waals surface area (Å²) in [7, 11) is 0. The van der Waals surface area contributed by atoms with Gasteiger partial charge in [-0.3, -0.25) is 0 Å². The van der Waals surface area contributed by atoms with E-state index in [0.29, 0.717) is 13.1 Å². The second-order valence-corrected chi connectivity index (χ2v) is 4.55. The average Bonchev–Trinajstić information content (AvgIpc) is 2.48. The number of aryl methyl sites for hydroxylation is 1. The topological polar surface area (TPSA) is 67.3 Å². The molecule has 1 saturated heterocycles. The predicted molar refractivity (Wildman–Crippen MR) is 70.7 cm³/mol. The molecule has 1 unspecified atom stereocenters. The molecule has 0 radical (unpaired) electrons. The lowest BCUT2D eigenvalue weighted by atomic mass is 10.2. The third kappa shape index (κ3) is 3.64. The Kier molecular flexibility index (Phi) is 4.68. The number of carbonyl (C=O) groups excluding carboxylic acids is 1. The van der Waals surface area contributed by atoms with Crippen molar-refractivity contribution in [1.82, 2.24) is 20.2 Å². The van der Waals surface area contributed by atoms with E-state index in [4.69, 9.17) is 4.74 Å². The van der Waals surface area contributed by atoms with Crippen LogP contribution in [-0.4, -0.2) is 47.1 Å². The molecule has 2 heterocycles. The van der Waals surface area contributed by atoms with E-state index < -0.39 is 0 Å². The number of piperazine rings is 1. The summed E-state index contributed by atoms with van der Waals surface area (Å²) in [6.45, 7) is 6.88. The number of hydrogen-bond donors (Lipinski definition) is 1. The minimum Gasteiger partial charge on any atom is -0.440 e. The maximum absolute atomic E-state index is 12.0. The summed E-state index contributed by atoms with van der Waals surface area (Å²) in [5, 5.41) is 3.20. The van der Waals surface area contributed by atoms with Crippen LogP contribution in [0.5, 0.6) is 0 Å². The first kappa shape index (κ1) is 13.7. The van der Waals surface area contributed by atoms with E-state index in [-0.39, 0.29) is 12.2 Å². The lowest BCUT2D eigenvalue weighted by molar-refractivity contribution is 0.0645. The fourth-order valence-corrected chi connectivity index (χ4v) is 1.96. The van der Waals surface area contributed by atoms with Crippen molar-refractivity contribution < 1.29 is 9.53 Å². The third-order valence-corrected chi connectivity index (χ3v) is 3.18. The third-order valence-electron chi connectivity index (χ3n) is 3.18. The Balaban J connectivity index is 1.95. The van der Waals surface area contributed by atoms with Gasteiger partial charge in [-0.05, 0) is 19.4 Å². The van der Waals surface area contributed by atoms with Gasteiger partial charge in [-0.25, -0.2) is 14.8 Å². The van der Waals surface area contributed by atoms with Crippen LogP contribution in [0.25, 0.3) is 0 Å². The van der Waals surface area contributed by atoms with Gasteiger partial charge in [0.2, 0.25) is 0 Å². The van der Waals surface area contributed by atoms with Crippen LogP contribution < -0.4 is 5.32 Å². The minimum absolute atomic E-state index is 0.273. The first-order valence-corrected chi connectivity index (χ1v) is 6.67. The molecule has 0 aliphatic carbocycles. The minimum atomic E-state index is -0.351. The number of hydrogen-bond acceptors (Lipinski definition) is 5. The molecule has 1 aliphatic rings. The number of nitrogens with zero attached hydrogens (tertiary/aromatic N) is 3. The number of carbonyl (C=O) groups is 1. The first-order valence-electron chi connectivity index (χ1n) is 6.67. The van der Waals surface area contributed by atoms with E-state index in [0.717, 1.165) is 30.9 Å². The number of nitrogens with one attached hydrogen (secondary N) is 1. The van der Waals surface area contributed by atoms with Crippen molar-refractivity contribution in [2.45, 2.75) is 26.4 Å². The van der Waals surface area contributed by atoms with Crippen molar-refractivity contribution in [2.24, 2.45) is 0 Å². The maximum atomic E-state index is 12.0. The second-order valence-electron chi connectivity index (χ2n) is 4.55. The van der Waals surface area contributed by atoms with Gasteiger partial charge in [-0.15, -0.1) is 0 Å². The summed E-state index contributed by atoms with van der Waals surface area (Å²) >= 11 is 0. The number of rotatable bonds is 3. The number of amides is 1. The normalized spacial score (nSPS) is 17.1. The highest BCUT2D eigenvalue weighted by Gasteiger charge is 2.21. The fraction of sp³-hybridized carbons (Fsp3) is 0.615. The molecule has 0 spiro atoms. The van der Waals surface area contributed by atoms with Crippen molar-refractivity contribution in [3.8, 4) is 0 Å². The van der Waals surface area contributed by atoms with Crippen molar-refractivity contribution in [1.29, 1.82) is 0 Å². The zero-order valence-corrected chi connectivity index (χ0v) is 11.4. The highest BCUT2D eigenvalue weighted by Crippen LogP contribution is 2.16. The van der Waals surface area contributed by atoms with Crippen LogP contribution >= 0.6 is 0 Å². The van der Waals surface area contributed by atoms with E-state index in [2.05, 4.69) is 15.3 Å². The van der Waals surface area contributed by atoms with Gasteiger partial charge in [0, 0.05) is 31.9 Å². The first-order chi connectivity index (χ1) is 9.20. The Labute approximate surface area is 113 Å². The molecule has 0 bridgehead atoms. The lowest BCUT2D eigenvalue weighted by Gasteiger charge is -2.27. The molecule has 1 aliphatic heterocycles. The molecule has 1 aromatic rings. The molecule has 1 atom stereocenters. The van der Waals surface area contributed by atoms with Crippen molar-refractivity contribution >= 4 is 6.09 Å². The van der Waals surface area contributed by atoms with E-state index in [1.165, 1.54) is 6.33 Å². The van der Waals surface area contributed by atoms with E-state index in [1.807, 2.05) is 19.9 Å². The molecule has 1 fully saturated rings. The highest BCUT2D eigenvalue weighted by atomic mass is 16.6. The molecule has 0 aromatic carbocycles. The Hall–Kier alpha value is -1.69. The maximum Gasteiger partial charge on any atom is 0.410 e. The predicted octanol–water partition coefficient (Wildman–Crippen LogP) is 1.14. The van der Waals surface area contributed by atoms with Crippen molar-refractivity contribution in [3.63, 3.8) is 0 Å². The molecule has 6 heteroatoms. The van der Waals surface area contributed by atoms with Crippen molar-refractivity contribution in [2.75, 3.05) is 26.2 Å². The quantitative estimate of drug-likeness (QED) is 0.886. The van der Waals surface area contributed by atoms with Crippen LogP contribution in [0.2, 0.25) is 0 Å². The largest absolute Gasteiger partial charge is 0.440 e. The summed E-state index contributed by atoms with van der Waals surface area (Å²) in [6.07, 6.45) is 1.73. The van der Waals surface area contributed by atoms with Crippen LogP contribution in [0, 0.1) is 0 Å². The highest BCUT2D eigenvalue weighted by molar-refractivity contribution is 5.68. The molecule has 104 valence electrons. The molecule has 0 saturated carbocycles. The van der Waals surface area contributed by atoms with Gasteiger partial charge in [-0.2, -0.15) is 0 Å². The average molecular weight is 264 g/mol. The number of ether oxygens (including phenoxy) is 1. The Bertz CT molecular complexity index is 432. The molecular formula is C13H20N4O2. The molecule has 1 amide bonds. The summed E-state index contributed by atoms with van der Waals surface area (Å²) in [4.78, 5) is 22.0. The van der Waals surface area contributed by atoms with Gasteiger partial charge >= 0.3 is 6.09 Å². The van der Waals surface area contributed by atoms with Gasteiger partial charge in [0.05, 0.1) is 5.69 Å². The van der Waals surface area contributed by atoms with Gasteiger partial charge in [0.25, 0.3) is 0 Å². The Morgan fingerprint density at radius 1 is 1.47 bits per heavy atom. The fourth-order valence-electron chi connectivity index (χ4n) is 1.96. The molecule has 19 heavy (non-hydrogen) atoms. The monoisotopic (exact) mass is 264 g/mol. The van der Waals surface area contributed by atoms with Crippen molar-refractivity contribution in [3.05, 3.63) is 23.8 Å². The zero-order chi connectivity index (χ0) is 13.7. The smallest absolute Gasteiger partial charge is 0.410 e. The van der Waals surface area contributed by atoms with Crippen LogP contribution in [-0.2, 0) is 11.2 Å². The zero-order valence-electron chi connectivity index (χ0n) is 11.4. The van der Waals surface area contributed by atoms with E-state index in [9.17, 15) is 4.79 Å². The SMILES string of the molecule is CCc1cc(C(C)OC(=O)N2CCNCC2)ncn1. The van der Waals surface area contributed by atoms with E-state index >= 15 is 0 Å². The summed E-state index contributed by atoms with van der Waals surface area (Å²) in [5.74, 6) is 0. The number of aromatic nitrogens is 2. The summed E-state index contributed by atoms with van der Waals surface area (Å²) in [5.41, 5.74) is 1.70. The van der Waals surface area contributed by atoms with Gasteiger partial charge < -0.3 is 15.0 Å². The standard InChI is InChI=1S/C13H20N4O2/c1-3-11-8-12(16-9-15-11)10(2)19-13(18)17-6-4-14-5-7-17/h8-10,14H,3-7H2,1-2H3. The molecule has 6 nitrogen and oxygen atoms in total.